The summed E-state index contributed by atoms with van der Waals surface area (Å²) in [6.45, 7) is 3.40. The van der Waals surface area contributed by atoms with Crippen LogP contribution in [0.4, 0.5) is 4.39 Å². The fraction of sp³-hybridized carbons (Fsp3) is 0.273. The molecule has 0 fully saturated rings. The molecule has 0 spiro atoms. The fourth-order valence-electron chi connectivity index (χ4n) is 1.40. The van der Waals surface area contributed by atoms with E-state index in [9.17, 15) is 9.50 Å². The summed E-state index contributed by atoms with van der Waals surface area (Å²) in [6, 6.07) is 4.30. The maximum absolute atomic E-state index is 13.1. The number of hydrogen-bond donors (Lipinski definition) is 2. The first-order valence-electron chi connectivity index (χ1n) is 5.10. The second-order valence-electron chi connectivity index (χ2n) is 3.66. The Morgan fingerprint density at radius 3 is 2.82 bits per heavy atom. The van der Waals surface area contributed by atoms with Crippen LogP contribution in [0.5, 0.6) is 0 Å². The molecule has 1 atom stereocenters. The van der Waals surface area contributed by atoms with Gasteiger partial charge in [0.25, 0.3) is 0 Å². The summed E-state index contributed by atoms with van der Waals surface area (Å²) in [5.41, 5.74) is 0.539. The third-order valence-corrected chi connectivity index (χ3v) is 3.16. The monoisotopic (exact) mass is 253 g/mol. The molecule has 0 aliphatic heterocycles. The number of aromatic amines is 1. The van der Waals surface area contributed by atoms with Crippen LogP contribution in [-0.4, -0.2) is 20.3 Å². The number of benzene rings is 1. The predicted molar refractivity (Wildman–Crippen MR) is 62.3 cm³/mol. The van der Waals surface area contributed by atoms with Gasteiger partial charge in [-0.05, 0) is 49.4 Å². The molecule has 2 rings (SSSR count). The molecular formula is C11H12FN3OS. The Balaban J connectivity index is 2.32. The Labute approximate surface area is 102 Å². The fourth-order valence-corrected chi connectivity index (χ4v) is 2.36. The Morgan fingerprint density at radius 2 is 2.24 bits per heavy atom. The Hall–Kier alpha value is -1.40. The average Bonchev–Trinajstić information content (AvgIpc) is 2.66. The molecule has 0 amide bonds. The molecule has 0 radical (unpaired) electrons. The molecule has 0 saturated carbocycles. The van der Waals surface area contributed by atoms with Gasteiger partial charge in [-0.1, -0.05) is 0 Å². The molecule has 0 bridgehead atoms. The molecule has 1 heterocycles. The first kappa shape index (κ1) is 12.1. The van der Waals surface area contributed by atoms with Gasteiger partial charge in [-0.25, -0.2) is 9.37 Å². The van der Waals surface area contributed by atoms with Crippen LogP contribution in [0.1, 0.15) is 24.4 Å². The van der Waals surface area contributed by atoms with E-state index in [1.165, 1.54) is 23.9 Å². The Kier molecular flexibility index (Phi) is 3.44. The molecule has 0 unspecified atom stereocenters. The van der Waals surface area contributed by atoms with E-state index in [2.05, 4.69) is 15.2 Å². The highest BCUT2D eigenvalue weighted by molar-refractivity contribution is 7.99. The van der Waals surface area contributed by atoms with Gasteiger partial charge in [0.15, 0.2) is 0 Å². The minimum atomic E-state index is -0.728. The summed E-state index contributed by atoms with van der Waals surface area (Å²) >= 11 is 1.29. The molecule has 1 aromatic carbocycles. The molecule has 4 nitrogen and oxygen atoms in total. The summed E-state index contributed by atoms with van der Waals surface area (Å²) in [6.07, 6.45) is -0.728. The van der Waals surface area contributed by atoms with E-state index in [0.717, 1.165) is 4.90 Å². The molecular weight excluding hydrogens is 241 g/mol. The highest BCUT2D eigenvalue weighted by Gasteiger charge is 2.12. The van der Waals surface area contributed by atoms with Crippen molar-refractivity contribution < 1.29 is 9.50 Å². The SMILES string of the molecule is Cc1nc(Sc2ccc(F)cc2[C@H](C)O)n[nH]1. The molecule has 0 aliphatic carbocycles. The molecule has 17 heavy (non-hydrogen) atoms. The number of aryl methyl sites for hydroxylation is 1. The van der Waals surface area contributed by atoms with E-state index in [1.807, 2.05) is 0 Å². The average molecular weight is 253 g/mol. The Morgan fingerprint density at radius 1 is 1.47 bits per heavy atom. The van der Waals surface area contributed by atoms with Crippen molar-refractivity contribution in [1.82, 2.24) is 15.2 Å². The van der Waals surface area contributed by atoms with E-state index in [1.54, 1.807) is 19.9 Å². The van der Waals surface area contributed by atoms with Crippen molar-refractivity contribution in [3.8, 4) is 0 Å². The number of rotatable bonds is 3. The molecule has 6 heteroatoms. The molecule has 0 saturated heterocycles. The first-order chi connectivity index (χ1) is 8.06. The van der Waals surface area contributed by atoms with E-state index >= 15 is 0 Å². The molecule has 0 aliphatic rings. The van der Waals surface area contributed by atoms with Crippen LogP contribution in [0.3, 0.4) is 0 Å². The number of halogens is 1. The summed E-state index contributed by atoms with van der Waals surface area (Å²) < 4.78 is 13.1. The molecule has 2 aromatic rings. The number of nitrogens with zero attached hydrogens (tertiary/aromatic N) is 2. The standard InChI is InChI=1S/C11H12FN3OS/c1-6(16)9-5-8(12)3-4-10(9)17-11-13-7(2)14-15-11/h3-6,16H,1-2H3,(H,13,14,15)/t6-/m0/s1. The lowest BCUT2D eigenvalue weighted by atomic mass is 10.1. The van der Waals surface area contributed by atoms with Crippen molar-refractivity contribution in [3.63, 3.8) is 0 Å². The van der Waals surface area contributed by atoms with E-state index in [-0.39, 0.29) is 5.82 Å². The third kappa shape index (κ3) is 2.83. The number of aliphatic hydroxyl groups excluding tert-OH is 1. The number of aliphatic hydroxyl groups is 1. The van der Waals surface area contributed by atoms with Crippen molar-refractivity contribution in [2.45, 2.75) is 30.0 Å². The summed E-state index contributed by atoms with van der Waals surface area (Å²) in [5.74, 6) is 0.352. The van der Waals surface area contributed by atoms with E-state index < -0.39 is 6.10 Å². The zero-order valence-electron chi connectivity index (χ0n) is 9.44. The third-order valence-electron chi connectivity index (χ3n) is 2.20. The van der Waals surface area contributed by atoms with Crippen molar-refractivity contribution in [2.24, 2.45) is 0 Å². The van der Waals surface area contributed by atoms with Crippen LogP contribution in [0.2, 0.25) is 0 Å². The van der Waals surface area contributed by atoms with Crippen molar-refractivity contribution in [3.05, 3.63) is 35.4 Å². The number of nitrogens with one attached hydrogen (secondary N) is 1. The number of H-pyrrole nitrogens is 1. The smallest absolute Gasteiger partial charge is 0.213 e. The first-order valence-corrected chi connectivity index (χ1v) is 5.92. The van der Waals surface area contributed by atoms with Gasteiger partial charge in [0.1, 0.15) is 11.6 Å². The van der Waals surface area contributed by atoms with Crippen molar-refractivity contribution in [1.29, 1.82) is 0 Å². The number of hydrogen-bond acceptors (Lipinski definition) is 4. The van der Waals surface area contributed by atoms with Crippen molar-refractivity contribution >= 4 is 11.8 Å². The largest absolute Gasteiger partial charge is 0.389 e. The van der Waals surface area contributed by atoms with Gasteiger partial charge < -0.3 is 5.11 Å². The molecule has 1 aromatic heterocycles. The van der Waals surface area contributed by atoms with Gasteiger partial charge in [0.05, 0.1) is 6.10 Å². The van der Waals surface area contributed by atoms with Crippen molar-refractivity contribution in [2.75, 3.05) is 0 Å². The molecule has 90 valence electrons. The minimum absolute atomic E-state index is 0.364. The lowest BCUT2D eigenvalue weighted by Crippen LogP contribution is -1.95. The van der Waals surface area contributed by atoms with Crippen LogP contribution >= 0.6 is 11.8 Å². The highest BCUT2D eigenvalue weighted by atomic mass is 32.2. The van der Waals surface area contributed by atoms with Crippen LogP contribution in [0.15, 0.2) is 28.3 Å². The number of aromatic nitrogens is 3. The lowest BCUT2D eigenvalue weighted by Gasteiger charge is -2.09. The predicted octanol–water partition coefficient (Wildman–Crippen LogP) is 2.46. The van der Waals surface area contributed by atoms with Gasteiger partial charge in [-0.2, -0.15) is 0 Å². The van der Waals surface area contributed by atoms with Gasteiger partial charge in [-0.3, -0.25) is 5.10 Å². The van der Waals surface area contributed by atoms with Gasteiger partial charge in [-0.15, -0.1) is 5.10 Å². The summed E-state index contributed by atoms with van der Waals surface area (Å²) in [7, 11) is 0. The van der Waals surface area contributed by atoms with Crippen LogP contribution in [0, 0.1) is 12.7 Å². The second-order valence-corrected chi connectivity index (χ2v) is 4.67. The van der Waals surface area contributed by atoms with Gasteiger partial charge >= 0.3 is 0 Å². The zero-order chi connectivity index (χ0) is 12.4. The maximum atomic E-state index is 13.1. The van der Waals surface area contributed by atoms with Gasteiger partial charge in [0, 0.05) is 4.90 Å². The van der Waals surface area contributed by atoms with Crippen LogP contribution in [0.25, 0.3) is 0 Å². The maximum Gasteiger partial charge on any atom is 0.213 e. The van der Waals surface area contributed by atoms with Crippen LogP contribution < -0.4 is 0 Å². The van der Waals surface area contributed by atoms with Gasteiger partial charge in [0.2, 0.25) is 5.16 Å². The zero-order valence-corrected chi connectivity index (χ0v) is 10.3. The summed E-state index contributed by atoms with van der Waals surface area (Å²) in [4.78, 5) is 4.90. The normalized spacial score (nSPS) is 12.7. The summed E-state index contributed by atoms with van der Waals surface area (Å²) in [5, 5.41) is 16.9. The van der Waals surface area contributed by atoms with E-state index in [0.29, 0.717) is 16.5 Å². The topological polar surface area (TPSA) is 61.8 Å². The second kappa shape index (κ2) is 4.85. The molecule has 2 N–H and O–H groups in total. The quantitative estimate of drug-likeness (QED) is 0.882. The van der Waals surface area contributed by atoms with Crippen LogP contribution in [-0.2, 0) is 0 Å². The Bertz CT molecular complexity index is 527. The van der Waals surface area contributed by atoms with E-state index in [4.69, 9.17) is 0 Å². The highest BCUT2D eigenvalue weighted by Crippen LogP contribution is 2.31. The lowest BCUT2D eigenvalue weighted by molar-refractivity contribution is 0.196. The minimum Gasteiger partial charge on any atom is -0.389 e.